The van der Waals surface area contributed by atoms with E-state index in [0.29, 0.717) is 12.3 Å². The molecule has 0 aliphatic carbocycles. The van der Waals surface area contributed by atoms with Gasteiger partial charge in [-0.05, 0) is 0 Å². The first-order valence-electron chi connectivity index (χ1n) is 3.86. The number of aromatic amines is 1. The van der Waals surface area contributed by atoms with Crippen LogP contribution in [0.15, 0.2) is 0 Å². The Bertz CT molecular complexity index is 326. The van der Waals surface area contributed by atoms with Crippen LogP contribution in [0, 0.1) is 0 Å². The van der Waals surface area contributed by atoms with Crippen molar-refractivity contribution in [2.45, 2.75) is 6.61 Å². The van der Waals surface area contributed by atoms with Gasteiger partial charge in [-0.3, -0.25) is 9.89 Å². The number of nitrogens with two attached hydrogens (primary N) is 1. The van der Waals surface area contributed by atoms with Crippen molar-refractivity contribution in [2.24, 2.45) is 5.73 Å². The monoisotopic (exact) mass is 311 g/mol. The van der Waals surface area contributed by atoms with Crippen LogP contribution in [-0.2, 0) is 11.3 Å². The first-order valence-corrected chi connectivity index (χ1v) is 5.39. The molecule has 0 unspecified atom stereocenters. The summed E-state index contributed by atoms with van der Waals surface area (Å²) in [5, 5.41) is 15.5. The van der Waals surface area contributed by atoms with Gasteiger partial charge in [0, 0.05) is 4.43 Å². The van der Waals surface area contributed by atoms with Crippen molar-refractivity contribution in [2.75, 3.05) is 11.0 Å². The van der Waals surface area contributed by atoms with Crippen LogP contribution in [0.1, 0.15) is 16.2 Å². The Morgan fingerprint density at radius 1 is 1.71 bits per heavy atom. The molecule has 1 aromatic rings. The van der Waals surface area contributed by atoms with E-state index in [1.165, 1.54) is 0 Å². The standard InChI is InChI=1S/C7H10IN3O3/c8-1-2-14-3-4-6(12)5(7(9)13)11-10-4/h12H,1-3H2,(H2,9,13)(H,10,11). The summed E-state index contributed by atoms with van der Waals surface area (Å²) in [5.74, 6) is -0.971. The number of rotatable bonds is 5. The van der Waals surface area contributed by atoms with Gasteiger partial charge in [-0.1, -0.05) is 22.6 Å². The largest absolute Gasteiger partial charge is 0.504 e. The number of halogens is 1. The number of ether oxygens (including phenoxy) is 1. The average molecular weight is 311 g/mol. The summed E-state index contributed by atoms with van der Waals surface area (Å²) >= 11 is 2.16. The molecule has 0 radical (unpaired) electrons. The topological polar surface area (TPSA) is 101 Å². The van der Waals surface area contributed by atoms with Gasteiger partial charge >= 0.3 is 0 Å². The van der Waals surface area contributed by atoms with E-state index in [-0.39, 0.29) is 18.1 Å². The van der Waals surface area contributed by atoms with Crippen LogP contribution in [0.4, 0.5) is 0 Å². The molecular weight excluding hydrogens is 301 g/mol. The Labute approximate surface area is 94.0 Å². The number of carbonyl (C=O) groups is 1. The molecular formula is C7H10IN3O3. The third-order valence-corrected chi connectivity index (χ3v) is 1.96. The Hall–Kier alpha value is -0.830. The first kappa shape index (κ1) is 11.2. The van der Waals surface area contributed by atoms with E-state index < -0.39 is 5.91 Å². The predicted octanol–water partition coefficient (Wildman–Crippen LogP) is 0.166. The molecule has 0 aliphatic heterocycles. The molecule has 0 spiro atoms. The molecule has 0 saturated carbocycles. The zero-order valence-electron chi connectivity index (χ0n) is 7.29. The van der Waals surface area contributed by atoms with Crippen LogP contribution in [0.5, 0.6) is 5.75 Å². The Kier molecular flexibility index (Phi) is 4.14. The maximum Gasteiger partial charge on any atom is 0.270 e. The van der Waals surface area contributed by atoms with Crippen LogP contribution in [0.3, 0.4) is 0 Å². The van der Waals surface area contributed by atoms with Gasteiger partial charge in [0.1, 0.15) is 5.69 Å². The van der Waals surface area contributed by atoms with Crippen LogP contribution in [0.2, 0.25) is 0 Å². The van der Waals surface area contributed by atoms with Gasteiger partial charge in [-0.2, -0.15) is 5.10 Å². The van der Waals surface area contributed by atoms with Gasteiger partial charge in [0.15, 0.2) is 11.4 Å². The molecule has 0 atom stereocenters. The quantitative estimate of drug-likeness (QED) is 0.410. The lowest BCUT2D eigenvalue weighted by molar-refractivity contribution is 0.0993. The van der Waals surface area contributed by atoms with Crippen molar-refractivity contribution in [1.82, 2.24) is 10.2 Å². The maximum atomic E-state index is 10.7. The minimum Gasteiger partial charge on any atom is -0.504 e. The summed E-state index contributed by atoms with van der Waals surface area (Å²) in [7, 11) is 0. The second kappa shape index (κ2) is 5.15. The molecule has 4 N–H and O–H groups in total. The number of hydrogen-bond donors (Lipinski definition) is 3. The smallest absolute Gasteiger partial charge is 0.270 e. The third-order valence-electron chi connectivity index (χ3n) is 1.52. The zero-order valence-corrected chi connectivity index (χ0v) is 9.45. The molecule has 1 rings (SSSR count). The summed E-state index contributed by atoms with van der Waals surface area (Å²) < 4.78 is 5.99. The summed E-state index contributed by atoms with van der Waals surface area (Å²) in [6.45, 7) is 0.734. The van der Waals surface area contributed by atoms with Crippen molar-refractivity contribution in [1.29, 1.82) is 0 Å². The highest BCUT2D eigenvalue weighted by atomic mass is 127. The van der Waals surface area contributed by atoms with Crippen LogP contribution >= 0.6 is 22.6 Å². The number of primary amides is 1. The number of amides is 1. The first-order chi connectivity index (χ1) is 6.66. The maximum absolute atomic E-state index is 10.7. The molecule has 0 aliphatic rings. The minimum atomic E-state index is -0.741. The van der Waals surface area contributed by atoms with Crippen molar-refractivity contribution >= 4 is 28.5 Å². The molecule has 1 amide bonds. The Morgan fingerprint density at radius 3 is 2.93 bits per heavy atom. The molecule has 78 valence electrons. The van der Waals surface area contributed by atoms with Gasteiger partial charge in [0.25, 0.3) is 5.91 Å². The van der Waals surface area contributed by atoms with E-state index in [1.54, 1.807) is 0 Å². The second-order valence-corrected chi connectivity index (χ2v) is 3.58. The lowest BCUT2D eigenvalue weighted by atomic mass is 10.3. The average Bonchev–Trinajstić information content (AvgIpc) is 2.48. The Morgan fingerprint density at radius 2 is 2.43 bits per heavy atom. The van der Waals surface area contributed by atoms with E-state index in [4.69, 9.17) is 10.5 Å². The molecule has 0 saturated heterocycles. The van der Waals surface area contributed by atoms with Gasteiger partial charge in [-0.15, -0.1) is 0 Å². The number of carbonyl (C=O) groups excluding carboxylic acids is 1. The van der Waals surface area contributed by atoms with Crippen LogP contribution < -0.4 is 5.73 Å². The molecule has 0 fully saturated rings. The lowest BCUT2D eigenvalue weighted by Gasteiger charge is -1.98. The number of nitrogens with zero attached hydrogens (tertiary/aromatic N) is 1. The summed E-state index contributed by atoms with van der Waals surface area (Å²) in [5.41, 5.74) is 5.18. The van der Waals surface area contributed by atoms with E-state index >= 15 is 0 Å². The number of hydrogen-bond acceptors (Lipinski definition) is 4. The van der Waals surface area contributed by atoms with E-state index in [9.17, 15) is 9.90 Å². The molecule has 6 nitrogen and oxygen atoms in total. The van der Waals surface area contributed by atoms with Crippen LogP contribution in [0.25, 0.3) is 0 Å². The molecule has 7 heteroatoms. The van der Waals surface area contributed by atoms with E-state index in [0.717, 1.165) is 4.43 Å². The SMILES string of the molecule is NC(=O)c1[nH]nc(COCCI)c1O. The van der Waals surface area contributed by atoms with E-state index in [2.05, 4.69) is 32.8 Å². The van der Waals surface area contributed by atoms with Crippen molar-refractivity contribution in [3.05, 3.63) is 11.4 Å². The Balaban J connectivity index is 2.65. The fourth-order valence-electron chi connectivity index (χ4n) is 0.869. The number of alkyl halides is 1. The van der Waals surface area contributed by atoms with Crippen LogP contribution in [-0.4, -0.2) is 32.2 Å². The second-order valence-electron chi connectivity index (χ2n) is 2.50. The molecule has 1 aromatic heterocycles. The van der Waals surface area contributed by atoms with E-state index in [1.807, 2.05) is 0 Å². The molecule has 1 heterocycles. The minimum absolute atomic E-state index is 0.0851. The molecule has 14 heavy (non-hydrogen) atoms. The molecule has 0 aromatic carbocycles. The summed E-state index contributed by atoms with van der Waals surface area (Å²) in [6, 6.07) is 0. The lowest BCUT2D eigenvalue weighted by Crippen LogP contribution is -2.11. The highest BCUT2D eigenvalue weighted by molar-refractivity contribution is 14.1. The van der Waals surface area contributed by atoms with Crippen molar-refractivity contribution in [3.63, 3.8) is 0 Å². The fourth-order valence-corrected chi connectivity index (χ4v) is 1.18. The normalized spacial score (nSPS) is 10.4. The third kappa shape index (κ3) is 2.58. The summed E-state index contributed by atoms with van der Waals surface area (Å²) in [6.07, 6.45) is 0. The van der Waals surface area contributed by atoms with Gasteiger partial charge in [0.05, 0.1) is 13.2 Å². The van der Waals surface area contributed by atoms with Gasteiger partial charge in [-0.25, -0.2) is 0 Å². The van der Waals surface area contributed by atoms with Crippen molar-refractivity contribution in [3.8, 4) is 5.75 Å². The number of H-pyrrole nitrogens is 1. The highest BCUT2D eigenvalue weighted by Gasteiger charge is 2.15. The highest BCUT2D eigenvalue weighted by Crippen LogP contribution is 2.19. The number of nitrogens with one attached hydrogen (secondary N) is 1. The zero-order chi connectivity index (χ0) is 10.6. The van der Waals surface area contributed by atoms with Gasteiger partial charge < -0.3 is 15.6 Å². The fraction of sp³-hybridized carbons (Fsp3) is 0.429. The number of aromatic nitrogens is 2. The van der Waals surface area contributed by atoms with Crippen molar-refractivity contribution < 1.29 is 14.6 Å². The summed E-state index contributed by atoms with van der Waals surface area (Å²) in [4.78, 5) is 10.7. The number of aromatic hydroxyl groups is 1. The van der Waals surface area contributed by atoms with Gasteiger partial charge in [0.2, 0.25) is 0 Å². The predicted molar refractivity (Wildman–Crippen MR) is 57.3 cm³/mol. The molecule has 0 bridgehead atoms.